The fourth-order valence-corrected chi connectivity index (χ4v) is 2.64. The van der Waals surface area contributed by atoms with Crippen LogP contribution in [-0.2, 0) is 10.0 Å². The summed E-state index contributed by atoms with van der Waals surface area (Å²) in [5.74, 6) is 0. The maximum atomic E-state index is 11.6. The van der Waals surface area contributed by atoms with Crippen LogP contribution in [0.5, 0.6) is 0 Å². The molecule has 0 fully saturated rings. The normalized spacial score (nSPS) is 12.4. The number of benzene rings is 1. The first kappa shape index (κ1) is 15.9. The summed E-state index contributed by atoms with van der Waals surface area (Å²) in [5, 5.41) is 3.40. The number of hydrogen-bond donors (Lipinski definition) is 3. The van der Waals surface area contributed by atoms with E-state index in [0.29, 0.717) is 6.54 Å². The molecule has 1 rings (SSSR count). The van der Waals surface area contributed by atoms with E-state index in [1.807, 2.05) is 0 Å². The molecule has 0 unspecified atom stereocenters. The van der Waals surface area contributed by atoms with Gasteiger partial charge in [0.05, 0.1) is 4.90 Å². The maximum Gasteiger partial charge on any atom is 0.240 e. The van der Waals surface area contributed by atoms with Crippen molar-refractivity contribution in [2.24, 2.45) is 5.73 Å². The van der Waals surface area contributed by atoms with Gasteiger partial charge in [-0.2, -0.15) is 0 Å². The molecule has 1 aromatic rings. The smallest absolute Gasteiger partial charge is 0.240 e. The second-order valence-electron chi connectivity index (χ2n) is 4.55. The summed E-state index contributed by atoms with van der Waals surface area (Å²) in [4.78, 5) is 0.256. The molecular weight excluding hydrogens is 262 g/mol. The molecule has 0 radical (unpaired) electrons. The van der Waals surface area contributed by atoms with Crippen molar-refractivity contribution in [2.75, 3.05) is 18.9 Å². The highest BCUT2D eigenvalue weighted by atomic mass is 32.2. The molecule has 108 valence electrons. The molecule has 5 nitrogen and oxygen atoms in total. The van der Waals surface area contributed by atoms with Crippen LogP contribution in [-0.4, -0.2) is 27.5 Å². The molecule has 19 heavy (non-hydrogen) atoms. The summed E-state index contributed by atoms with van der Waals surface area (Å²) >= 11 is 0. The van der Waals surface area contributed by atoms with Gasteiger partial charge < -0.3 is 11.1 Å². The van der Waals surface area contributed by atoms with Crippen molar-refractivity contribution in [3.63, 3.8) is 0 Å². The highest BCUT2D eigenvalue weighted by Gasteiger charge is 2.23. The third-order valence-electron chi connectivity index (χ3n) is 3.59. The molecule has 0 bridgehead atoms. The summed E-state index contributed by atoms with van der Waals surface area (Å²) in [6, 6.07) is 6.70. The topological polar surface area (TPSA) is 84.2 Å². The van der Waals surface area contributed by atoms with Gasteiger partial charge in [0.25, 0.3) is 0 Å². The second kappa shape index (κ2) is 6.36. The van der Waals surface area contributed by atoms with Gasteiger partial charge in [-0.15, -0.1) is 0 Å². The first-order chi connectivity index (χ1) is 8.93. The van der Waals surface area contributed by atoms with Crippen molar-refractivity contribution >= 4 is 15.7 Å². The van der Waals surface area contributed by atoms with E-state index in [0.717, 1.165) is 18.5 Å². The van der Waals surface area contributed by atoms with Gasteiger partial charge in [0.15, 0.2) is 0 Å². The summed E-state index contributed by atoms with van der Waals surface area (Å²) in [7, 11) is -1.98. The molecule has 0 aliphatic carbocycles. The predicted octanol–water partition coefficient (Wildman–Crippen LogP) is 1.52. The Morgan fingerprint density at radius 1 is 1.16 bits per heavy atom. The molecule has 4 N–H and O–H groups in total. The van der Waals surface area contributed by atoms with Crippen LogP contribution < -0.4 is 15.8 Å². The first-order valence-electron chi connectivity index (χ1n) is 6.45. The van der Waals surface area contributed by atoms with Crippen molar-refractivity contribution in [3.8, 4) is 0 Å². The minimum absolute atomic E-state index is 0.136. The minimum atomic E-state index is -3.38. The Kier molecular flexibility index (Phi) is 5.34. The number of hydrogen-bond acceptors (Lipinski definition) is 4. The molecule has 0 spiro atoms. The Hall–Kier alpha value is -1.11. The van der Waals surface area contributed by atoms with Crippen LogP contribution in [0.25, 0.3) is 0 Å². The van der Waals surface area contributed by atoms with E-state index in [1.54, 1.807) is 24.3 Å². The van der Waals surface area contributed by atoms with E-state index in [2.05, 4.69) is 23.9 Å². The Morgan fingerprint density at radius 3 is 2.05 bits per heavy atom. The molecule has 0 saturated carbocycles. The maximum absolute atomic E-state index is 11.6. The minimum Gasteiger partial charge on any atom is -0.378 e. The predicted molar refractivity (Wildman–Crippen MR) is 78.7 cm³/mol. The molecule has 0 aliphatic rings. The Morgan fingerprint density at radius 2 is 1.68 bits per heavy atom. The van der Waals surface area contributed by atoms with Gasteiger partial charge in [-0.05, 0) is 44.2 Å². The van der Waals surface area contributed by atoms with Crippen molar-refractivity contribution in [2.45, 2.75) is 37.1 Å². The van der Waals surface area contributed by atoms with Crippen molar-refractivity contribution in [3.05, 3.63) is 24.3 Å². The lowest BCUT2D eigenvalue weighted by atomic mass is 9.92. The van der Waals surface area contributed by atoms with Crippen LogP contribution in [0.4, 0.5) is 5.69 Å². The van der Waals surface area contributed by atoms with E-state index >= 15 is 0 Å². The number of nitrogens with one attached hydrogen (secondary N) is 2. The van der Waals surface area contributed by atoms with Gasteiger partial charge in [0.2, 0.25) is 10.0 Å². The highest BCUT2D eigenvalue weighted by molar-refractivity contribution is 7.89. The highest BCUT2D eigenvalue weighted by Crippen LogP contribution is 2.22. The number of sulfonamides is 1. The van der Waals surface area contributed by atoms with Gasteiger partial charge in [-0.25, -0.2) is 13.1 Å². The van der Waals surface area contributed by atoms with Crippen LogP contribution >= 0.6 is 0 Å². The molecule has 0 aromatic heterocycles. The average molecular weight is 285 g/mol. The van der Waals surface area contributed by atoms with Gasteiger partial charge in [0.1, 0.15) is 0 Å². The number of rotatable bonds is 7. The lowest BCUT2D eigenvalue weighted by molar-refractivity contribution is 0.445. The third kappa shape index (κ3) is 3.68. The van der Waals surface area contributed by atoms with Crippen LogP contribution in [0.2, 0.25) is 0 Å². The van der Waals surface area contributed by atoms with Crippen molar-refractivity contribution < 1.29 is 8.42 Å². The van der Waals surface area contributed by atoms with Crippen molar-refractivity contribution in [1.82, 2.24) is 4.72 Å². The van der Waals surface area contributed by atoms with E-state index in [4.69, 9.17) is 5.73 Å². The Balaban J connectivity index is 2.94. The summed E-state index contributed by atoms with van der Waals surface area (Å²) in [5.41, 5.74) is 6.57. The van der Waals surface area contributed by atoms with Crippen LogP contribution in [0.1, 0.15) is 26.7 Å². The number of anilines is 1. The van der Waals surface area contributed by atoms with Crippen LogP contribution in [0.15, 0.2) is 29.2 Å². The summed E-state index contributed by atoms with van der Waals surface area (Å²) in [6.07, 6.45) is 1.83. The van der Waals surface area contributed by atoms with E-state index in [9.17, 15) is 8.42 Å². The largest absolute Gasteiger partial charge is 0.378 e. The fourth-order valence-electron chi connectivity index (χ4n) is 1.91. The third-order valence-corrected chi connectivity index (χ3v) is 5.02. The van der Waals surface area contributed by atoms with E-state index in [-0.39, 0.29) is 10.4 Å². The zero-order chi connectivity index (χ0) is 14.5. The standard InChI is InChI=1S/C13H23N3O2S/c1-4-13(5-2,10-14)16-11-6-8-12(9-7-11)19(17,18)15-3/h6-9,15-16H,4-5,10,14H2,1-3H3. The fraction of sp³-hybridized carbons (Fsp3) is 0.538. The summed E-state index contributed by atoms with van der Waals surface area (Å²) in [6.45, 7) is 4.71. The zero-order valence-electron chi connectivity index (χ0n) is 11.7. The molecule has 6 heteroatoms. The zero-order valence-corrected chi connectivity index (χ0v) is 12.5. The number of nitrogens with two attached hydrogens (primary N) is 1. The average Bonchev–Trinajstić information content (AvgIpc) is 2.45. The lowest BCUT2D eigenvalue weighted by Gasteiger charge is -2.32. The Labute approximate surface area is 115 Å². The van der Waals surface area contributed by atoms with Gasteiger partial charge >= 0.3 is 0 Å². The molecule has 1 aromatic carbocycles. The molecule has 0 heterocycles. The molecule has 0 aliphatic heterocycles. The van der Waals surface area contributed by atoms with Gasteiger partial charge in [-0.1, -0.05) is 13.8 Å². The van der Waals surface area contributed by atoms with E-state index < -0.39 is 10.0 Å². The summed E-state index contributed by atoms with van der Waals surface area (Å²) < 4.78 is 25.5. The SMILES string of the molecule is CCC(CC)(CN)Nc1ccc(S(=O)(=O)NC)cc1. The molecule has 0 amide bonds. The van der Waals surface area contributed by atoms with Crippen LogP contribution in [0, 0.1) is 0 Å². The first-order valence-corrected chi connectivity index (χ1v) is 7.93. The van der Waals surface area contributed by atoms with Gasteiger partial charge in [-0.3, -0.25) is 0 Å². The molecule has 0 atom stereocenters. The van der Waals surface area contributed by atoms with Gasteiger partial charge in [0, 0.05) is 17.8 Å². The molecular formula is C13H23N3O2S. The monoisotopic (exact) mass is 285 g/mol. The van der Waals surface area contributed by atoms with E-state index in [1.165, 1.54) is 7.05 Å². The van der Waals surface area contributed by atoms with Crippen LogP contribution in [0.3, 0.4) is 0 Å². The quantitative estimate of drug-likeness (QED) is 0.709. The molecule has 0 saturated heterocycles. The Bertz CT molecular complexity index is 485. The van der Waals surface area contributed by atoms with Crippen molar-refractivity contribution in [1.29, 1.82) is 0 Å². The second-order valence-corrected chi connectivity index (χ2v) is 6.44. The lowest BCUT2D eigenvalue weighted by Crippen LogP contribution is -2.44.